The Morgan fingerprint density at radius 2 is 2.00 bits per heavy atom. The minimum Gasteiger partial charge on any atom is -0.310 e. The fourth-order valence-corrected chi connectivity index (χ4v) is 2.79. The van der Waals surface area contributed by atoms with Gasteiger partial charge >= 0.3 is 0 Å². The number of benzene rings is 2. The van der Waals surface area contributed by atoms with Crippen molar-refractivity contribution in [2.24, 2.45) is 0 Å². The molecule has 2 aromatic carbocycles. The second kappa shape index (κ2) is 5.13. The van der Waals surface area contributed by atoms with Gasteiger partial charge in [0.25, 0.3) is 0 Å². The molecule has 1 heterocycles. The lowest BCUT2D eigenvalue weighted by Crippen LogP contribution is -2.17. The normalized spacial score (nSPS) is 14.7. The Morgan fingerprint density at radius 3 is 2.86 bits per heavy atom. The van der Waals surface area contributed by atoms with Crippen molar-refractivity contribution in [3.05, 3.63) is 53.1 Å². The minimum absolute atomic E-state index is 0.657. The van der Waals surface area contributed by atoms with Gasteiger partial charge in [0.2, 0.25) is 0 Å². The van der Waals surface area contributed by atoms with Crippen LogP contribution in [0.5, 0.6) is 0 Å². The fourth-order valence-electron chi connectivity index (χ4n) is 2.52. The summed E-state index contributed by atoms with van der Waals surface area (Å²) in [6, 6.07) is 14.5. The Bertz CT molecular complexity index is 792. The largest absolute Gasteiger partial charge is 0.310 e. The van der Waals surface area contributed by atoms with E-state index in [0.717, 1.165) is 28.8 Å². The standard InChI is InChI=1S/C16H15ClN4/c17-13-5-3-4-11(10-18-12-8-9-12)16(13)21-15-7-2-1-6-14(15)19-20-21/h1-7,12,18H,8-10H2. The van der Waals surface area contributed by atoms with E-state index < -0.39 is 0 Å². The van der Waals surface area contributed by atoms with Crippen LogP contribution in [0.4, 0.5) is 0 Å². The number of rotatable bonds is 4. The number of halogens is 1. The van der Waals surface area contributed by atoms with Crippen LogP contribution in [0.1, 0.15) is 18.4 Å². The van der Waals surface area contributed by atoms with Gasteiger partial charge in [-0.05, 0) is 36.6 Å². The van der Waals surface area contributed by atoms with Gasteiger partial charge in [-0.25, -0.2) is 4.68 Å². The number of nitrogens with one attached hydrogen (secondary N) is 1. The van der Waals surface area contributed by atoms with Crippen molar-refractivity contribution in [1.29, 1.82) is 0 Å². The zero-order valence-corrected chi connectivity index (χ0v) is 12.2. The van der Waals surface area contributed by atoms with E-state index >= 15 is 0 Å². The second-order valence-electron chi connectivity index (χ2n) is 5.39. The average Bonchev–Trinajstić information content (AvgIpc) is 3.24. The lowest BCUT2D eigenvalue weighted by Gasteiger charge is -2.12. The predicted molar refractivity (Wildman–Crippen MR) is 83.7 cm³/mol. The van der Waals surface area contributed by atoms with Gasteiger partial charge in [-0.3, -0.25) is 0 Å². The molecule has 0 amide bonds. The summed E-state index contributed by atoms with van der Waals surface area (Å²) in [6.07, 6.45) is 2.53. The van der Waals surface area contributed by atoms with Crippen LogP contribution in [0.15, 0.2) is 42.5 Å². The van der Waals surface area contributed by atoms with Crippen LogP contribution in [-0.4, -0.2) is 21.0 Å². The summed E-state index contributed by atoms with van der Waals surface area (Å²) in [7, 11) is 0. The van der Waals surface area contributed by atoms with Gasteiger partial charge in [0.05, 0.1) is 16.2 Å². The van der Waals surface area contributed by atoms with E-state index in [0.29, 0.717) is 11.1 Å². The predicted octanol–water partition coefficient (Wildman–Crippen LogP) is 3.33. The average molecular weight is 299 g/mol. The summed E-state index contributed by atoms with van der Waals surface area (Å²) in [5.74, 6) is 0. The molecule has 1 aromatic heterocycles. The Balaban J connectivity index is 1.82. The molecule has 5 heteroatoms. The summed E-state index contributed by atoms with van der Waals surface area (Å²) >= 11 is 6.44. The maximum absolute atomic E-state index is 6.44. The van der Waals surface area contributed by atoms with Crippen molar-refractivity contribution in [1.82, 2.24) is 20.3 Å². The van der Waals surface area contributed by atoms with E-state index in [1.165, 1.54) is 12.8 Å². The molecule has 4 rings (SSSR count). The molecule has 0 bridgehead atoms. The van der Waals surface area contributed by atoms with E-state index in [1.807, 2.05) is 41.1 Å². The number of nitrogens with zero attached hydrogens (tertiary/aromatic N) is 3. The smallest absolute Gasteiger partial charge is 0.113 e. The van der Waals surface area contributed by atoms with Crippen molar-refractivity contribution in [3.8, 4) is 5.69 Å². The summed E-state index contributed by atoms with van der Waals surface area (Å²) < 4.78 is 1.83. The molecule has 0 saturated heterocycles. The molecule has 0 radical (unpaired) electrons. The first-order valence-corrected chi connectivity index (χ1v) is 7.52. The molecular weight excluding hydrogens is 284 g/mol. The van der Waals surface area contributed by atoms with Crippen LogP contribution in [0.25, 0.3) is 16.7 Å². The molecule has 0 aliphatic heterocycles. The van der Waals surface area contributed by atoms with Crippen molar-refractivity contribution in [2.45, 2.75) is 25.4 Å². The molecule has 1 N–H and O–H groups in total. The monoisotopic (exact) mass is 298 g/mol. The number of fused-ring (bicyclic) bond motifs is 1. The highest BCUT2D eigenvalue weighted by Crippen LogP contribution is 2.28. The van der Waals surface area contributed by atoms with Gasteiger partial charge in [0.1, 0.15) is 5.52 Å². The van der Waals surface area contributed by atoms with Crippen molar-refractivity contribution < 1.29 is 0 Å². The first-order chi connectivity index (χ1) is 10.3. The van der Waals surface area contributed by atoms with Gasteiger partial charge in [-0.1, -0.05) is 41.1 Å². The molecule has 3 aromatic rings. The van der Waals surface area contributed by atoms with E-state index in [9.17, 15) is 0 Å². The van der Waals surface area contributed by atoms with Crippen LogP contribution in [-0.2, 0) is 6.54 Å². The highest BCUT2D eigenvalue weighted by Gasteiger charge is 2.21. The van der Waals surface area contributed by atoms with Crippen molar-refractivity contribution >= 4 is 22.6 Å². The van der Waals surface area contributed by atoms with Crippen LogP contribution >= 0.6 is 11.6 Å². The molecule has 0 atom stereocenters. The zero-order chi connectivity index (χ0) is 14.2. The van der Waals surface area contributed by atoms with Crippen LogP contribution in [0.2, 0.25) is 5.02 Å². The molecule has 0 unspecified atom stereocenters. The Kier molecular flexibility index (Phi) is 3.13. The topological polar surface area (TPSA) is 42.7 Å². The summed E-state index contributed by atoms with van der Waals surface area (Å²) in [5, 5.41) is 12.7. The van der Waals surface area contributed by atoms with Gasteiger partial charge in [-0.2, -0.15) is 0 Å². The Hall–Kier alpha value is -1.91. The third kappa shape index (κ3) is 2.41. The van der Waals surface area contributed by atoms with Crippen LogP contribution in [0.3, 0.4) is 0 Å². The molecule has 4 nitrogen and oxygen atoms in total. The number of aromatic nitrogens is 3. The second-order valence-corrected chi connectivity index (χ2v) is 5.80. The van der Waals surface area contributed by atoms with Crippen LogP contribution < -0.4 is 5.32 Å². The quantitative estimate of drug-likeness (QED) is 0.803. The van der Waals surface area contributed by atoms with Gasteiger partial charge in [-0.15, -0.1) is 5.10 Å². The number of hydrogen-bond acceptors (Lipinski definition) is 3. The molecule has 1 saturated carbocycles. The highest BCUT2D eigenvalue weighted by molar-refractivity contribution is 6.32. The number of hydrogen-bond donors (Lipinski definition) is 1. The molecule has 1 aliphatic rings. The maximum atomic E-state index is 6.44. The van der Waals surface area contributed by atoms with E-state index in [2.05, 4.69) is 21.7 Å². The van der Waals surface area contributed by atoms with Gasteiger partial charge in [0, 0.05) is 12.6 Å². The van der Waals surface area contributed by atoms with Crippen LogP contribution in [0, 0.1) is 0 Å². The first-order valence-electron chi connectivity index (χ1n) is 7.14. The molecule has 1 fully saturated rings. The third-order valence-electron chi connectivity index (χ3n) is 3.79. The molecule has 0 spiro atoms. The summed E-state index contributed by atoms with van der Waals surface area (Å²) in [4.78, 5) is 0. The van der Waals surface area contributed by atoms with Gasteiger partial charge in [0.15, 0.2) is 0 Å². The molecule has 1 aliphatic carbocycles. The maximum Gasteiger partial charge on any atom is 0.113 e. The minimum atomic E-state index is 0.657. The molecular formula is C16H15ClN4. The summed E-state index contributed by atoms with van der Waals surface area (Å²) in [6.45, 7) is 0.800. The first kappa shape index (κ1) is 12.8. The third-order valence-corrected chi connectivity index (χ3v) is 4.10. The lowest BCUT2D eigenvalue weighted by atomic mass is 10.1. The van der Waals surface area contributed by atoms with E-state index in [1.54, 1.807) is 0 Å². The molecule has 106 valence electrons. The lowest BCUT2D eigenvalue weighted by molar-refractivity contribution is 0.680. The number of para-hydroxylation sites is 2. The van der Waals surface area contributed by atoms with E-state index in [4.69, 9.17) is 11.6 Å². The Labute approximate surface area is 127 Å². The SMILES string of the molecule is Clc1cccc(CNC2CC2)c1-n1nnc2ccccc21. The zero-order valence-electron chi connectivity index (χ0n) is 11.5. The van der Waals surface area contributed by atoms with E-state index in [-0.39, 0.29) is 0 Å². The highest BCUT2D eigenvalue weighted by atomic mass is 35.5. The van der Waals surface area contributed by atoms with Crippen molar-refractivity contribution in [3.63, 3.8) is 0 Å². The Morgan fingerprint density at radius 1 is 1.14 bits per heavy atom. The fraction of sp³-hybridized carbons (Fsp3) is 0.250. The van der Waals surface area contributed by atoms with Gasteiger partial charge < -0.3 is 5.32 Å². The van der Waals surface area contributed by atoms with Crippen molar-refractivity contribution in [2.75, 3.05) is 0 Å². The summed E-state index contributed by atoms with van der Waals surface area (Å²) in [5.41, 5.74) is 3.91. The molecule has 21 heavy (non-hydrogen) atoms.